The Hall–Kier alpha value is -5.86. The molecule has 0 unspecified atom stereocenters. The molecule has 210 valence electrons. The number of hydrogen-bond acceptors (Lipinski definition) is 1. The van der Waals surface area contributed by atoms with Crippen LogP contribution in [0.5, 0.6) is 0 Å². The first-order valence-electron chi connectivity index (χ1n) is 14.8. The molecular formula is C42H32N2. The third kappa shape index (κ3) is 4.54. The highest BCUT2D eigenvalue weighted by Gasteiger charge is 2.20. The van der Waals surface area contributed by atoms with E-state index in [9.17, 15) is 0 Å². The number of para-hydroxylation sites is 1. The minimum Gasteiger partial charge on any atom is -0.318 e. The van der Waals surface area contributed by atoms with Crippen LogP contribution in [0.2, 0.25) is 0 Å². The fourth-order valence-corrected chi connectivity index (χ4v) is 6.29. The molecule has 0 aliphatic rings. The molecule has 0 spiro atoms. The SMILES string of the molecule is C=C/C=C\C=C\N(C(=C)/C=C\C(=C)n1c2c3ccccc3ccc2c2c3ccccc3c3ccccc3c21)c1ccccc1. The van der Waals surface area contributed by atoms with Crippen LogP contribution in [0.1, 0.15) is 0 Å². The van der Waals surface area contributed by atoms with Gasteiger partial charge in [0.15, 0.2) is 0 Å². The highest BCUT2D eigenvalue weighted by atomic mass is 15.1. The van der Waals surface area contributed by atoms with Crippen molar-refractivity contribution in [2.45, 2.75) is 0 Å². The van der Waals surface area contributed by atoms with Gasteiger partial charge in [-0.25, -0.2) is 0 Å². The average molecular weight is 565 g/mol. The van der Waals surface area contributed by atoms with E-state index in [1.54, 1.807) is 6.08 Å². The minimum atomic E-state index is 0.821. The molecule has 6 aromatic carbocycles. The Balaban J connectivity index is 1.46. The minimum absolute atomic E-state index is 0.821. The molecule has 0 bridgehead atoms. The third-order valence-electron chi connectivity index (χ3n) is 8.22. The molecule has 7 rings (SSSR count). The summed E-state index contributed by atoms with van der Waals surface area (Å²) >= 11 is 0. The van der Waals surface area contributed by atoms with E-state index in [4.69, 9.17) is 0 Å². The zero-order valence-electron chi connectivity index (χ0n) is 24.5. The Morgan fingerprint density at radius 3 is 1.93 bits per heavy atom. The van der Waals surface area contributed by atoms with Gasteiger partial charge in [0.1, 0.15) is 0 Å². The smallest absolute Gasteiger partial charge is 0.0625 e. The summed E-state index contributed by atoms with van der Waals surface area (Å²) in [5.74, 6) is 0. The summed E-state index contributed by atoms with van der Waals surface area (Å²) in [5.41, 5.74) is 5.04. The first-order valence-corrected chi connectivity index (χ1v) is 14.8. The monoisotopic (exact) mass is 564 g/mol. The molecule has 2 heteroatoms. The molecule has 1 aromatic heterocycles. The molecule has 1 heterocycles. The second-order valence-corrected chi connectivity index (χ2v) is 10.8. The lowest BCUT2D eigenvalue weighted by atomic mass is 9.96. The summed E-state index contributed by atoms with van der Waals surface area (Å²) in [5, 5.41) is 9.81. The van der Waals surface area contributed by atoms with Crippen LogP contribution in [0.4, 0.5) is 5.69 Å². The van der Waals surface area contributed by atoms with Crippen molar-refractivity contribution in [1.29, 1.82) is 0 Å². The number of allylic oxidation sites excluding steroid dienone is 7. The van der Waals surface area contributed by atoms with Crippen LogP contribution in [0.3, 0.4) is 0 Å². The van der Waals surface area contributed by atoms with E-state index in [0.717, 1.165) is 22.6 Å². The van der Waals surface area contributed by atoms with E-state index in [-0.39, 0.29) is 0 Å². The molecule has 0 amide bonds. The number of nitrogens with zero attached hydrogens (tertiary/aromatic N) is 2. The number of hydrogen-bond donors (Lipinski definition) is 0. The van der Waals surface area contributed by atoms with Gasteiger partial charge in [-0.15, -0.1) is 0 Å². The Morgan fingerprint density at radius 1 is 0.545 bits per heavy atom. The third-order valence-corrected chi connectivity index (χ3v) is 8.22. The summed E-state index contributed by atoms with van der Waals surface area (Å²) in [6.45, 7) is 12.9. The summed E-state index contributed by atoms with van der Waals surface area (Å²) in [7, 11) is 0. The highest BCUT2D eigenvalue weighted by Crippen LogP contribution is 2.44. The first-order chi connectivity index (χ1) is 21.7. The predicted octanol–water partition coefficient (Wildman–Crippen LogP) is 11.6. The zero-order valence-corrected chi connectivity index (χ0v) is 24.5. The molecule has 44 heavy (non-hydrogen) atoms. The van der Waals surface area contributed by atoms with Crippen molar-refractivity contribution >= 4 is 65.5 Å². The van der Waals surface area contributed by atoms with Gasteiger partial charge in [-0.05, 0) is 51.9 Å². The van der Waals surface area contributed by atoms with Crippen LogP contribution in [-0.2, 0) is 0 Å². The molecular weight excluding hydrogens is 532 g/mol. The summed E-state index contributed by atoms with van der Waals surface area (Å²) in [4.78, 5) is 2.07. The van der Waals surface area contributed by atoms with Gasteiger partial charge >= 0.3 is 0 Å². The molecule has 2 nitrogen and oxygen atoms in total. The van der Waals surface area contributed by atoms with E-state index >= 15 is 0 Å². The van der Waals surface area contributed by atoms with Crippen LogP contribution in [-0.4, -0.2) is 4.57 Å². The fraction of sp³-hybridized carbons (Fsp3) is 0. The molecule has 7 aromatic rings. The van der Waals surface area contributed by atoms with Gasteiger partial charge in [-0.1, -0.05) is 141 Å². The van der Waals surface area contributed by atoms with E-state index in [1.807, 2.05) is 48.7 Å². The van der Waals surface area contributed by atoms with Gasteiger partial charge in [-0.3, -0.25) is 0 Å². The van der Waals surface area contributed by atoms with Crippen molar-refractivity contribution in [3.05, 3.63) is 183 Å². The van der Waals surface area contributed by atoms with E-state index in [1.165, 1.54) is 48.6 Å². The Kier molecular flexibility index (Phi) is 7.02. The summed E-state index contributed by atoms with van der Waals surface area (Å²) in [6.07, 6.45) is 13.7. The Labute approximate surface area is 257 Å². The van der Waals surface area contributed by atoms with Gasteiger partial charge in [0.05, 0.1) is 11.0 Å². The van der Waals surface area contributed by atoms with Crippen molar-refractivity contribution < 1.29 is 0 Å². The number of rotatable bonds is 8. The molecule has 0 saturated heterocycles. The van der Waals surface area contributed by atoms with E-state index in [2.05, 4.69) is 132 Å². The number of fused-ring (bicyclic) bond motifs is 10. The number of aromatic nitrogens is 1. The van der Waals surface area contributed by atoms with Gasteiger partial charge in [0.2, 0.25) is 0 Å². The van der Waals surface area contributed by atoms with Crippen molar-refractivity contribution in [2.75, 3.05) is 4.90 Å². The molecule has 0 fully saturated rings. The zero-order chi connectivity index (χ0) is 30.0. The largest absolute Gasteiger partial charge is 0.318 e. The van der Waals surface area contributed by atoms with Crippen LogP contribution in [0.15, 0.2) is 183 Å². The fourth-order valence-electron chi connectivity index (χ4n) is 6.29. The quantitative estimate of drug-likeness (QED) is 0.132. The van der Waals surface area contributed by atoms with E-state index in [0.29, 0.717) is 0 Å². The second-order valence-electron chi connectivity index (χ2n) is 10.8. The average Bonchev–Trinajstić information content (AvgIpc) is 3.44. The maximum Gasteiger partial charge on any atom is 0.0625 e. The van der Waals surface area contributed by atoms with Gasteiger partial charge in [0.25, 0.3) is 0 Å². The normalized spacial score (nSPS) is 12.1. The van der Waals surface area contributed by atoms with Crippen molar-refractivity contribution in [1.82, 2.24) is 4.57 Å². The van der Waals surface area contributed by atoms with Gasteiger partial charge in [0, 0.05) is 44.8 Å². The lowest BCUT2D eigenvalue weighted by molar-refractivity contribution is 1.21. The van der Waals surface area contributed by atoms with Gasteiger partial charge in [-0.2, -0.15) is 0 Å². The standard InChI is InChI=1S/C42H32N2/c1-4-5-6-16-29-43(33-18-8-7-9-19-33)30(2)25-26-31(3)44-41-34-20-11-10-17-32(34)27-28-39(41)40-37-23-14-12-21-35(37)36-22-13-15-24-38(36)42(40)44/h4-29H,1-3H2/b6-5-,26-25-,29-16+. The molecule has 0 saturated carbocycles. The van der Waals surface area contributed by atoms with E-state index < -0.39 is 0 Å². The van der Waals surface area contributed by atoms with Gasteiger partial charge < -0.3 is 9.47 Å². The Morgan fingerprint density at radius 2 is 1.18 bits per heavy atom. The highest BCUT2D eigenvalue weighted by molar-refractivity contribution is 6.34. The van der Waals surface area contributed by atoms with Crippen LogP contribution >= 0.6 is 0 Å². The number of benzene rings is 6. The molecule has 0 aliphatic carbocycles. The van der Waals surface area contributed by atoms with Crippen LogP contribution in [0.25, 0.3) is 59.8 Å². The first kappa shape index (κ1) is 27.0. The maximum atomic E-state index is 4.66. The summed E-state index contributed by atoms with van der Waals surface area (Å²) < 4.78 is 2.35. The van der Waals surface area contributed by atoms with Crippen molar-refractivity contribution in [3.63, 3.8) is 0 Å². The van der Waals surface area contributed by atoms with Crippen LogP contribution in [0, 0.1) is 0 Å². The molecule has 0 radical (unpaired) electrons. The predicted molar refractivity (Wildman–Crippen MR) is 193 cm³/mol. The van der Waals surface area contributed by atoms with Crippen molar-refractivity contribution in [2.24, 2.45) is 0 Å². The maximum absolute atomic E-state index is 4.66. The van der Waals surface area contributed by atoms with Crippen molar-refractivity contribution in [3.8, 4) is 0 Å². The lowest BCUT2D eigenvalue weighted by Gasteiger charge is -2.21. The Bertz CT molecular complexity index is 2330. The number of anilines is 1. The topological polar surface area (TPSA) is 8.17 Å². The molecule has 0 atom stereocenters. The summed E-state index contributed by atoms with van der Waals surface area (Å²) in [6, 6.07) is 40.8. The molecule has 0 N–H and O–H groups in total. The lowest BCUT2D eigenvalue weighted by Crippen LogP contribution is -2.12. The molecule has 0 aliphatic heterocycles. The second kappa shape index (κ2) is 11.4. The van der Waals surface area contributed by atoms with Crippen LogP contribution < -0.4 is 4.90 Å².